The van der Waals surface area contributed by atoms with Gasteiger partial charge in [0.1, 0.15) is 6.54 Å². The number of amides is 1. The van der Waals surface area contributed by atoms with E-state index >= 15 is 0 Å². The molecule has 13 heteroatoms. The number of rotatable bonds is 8. The summed E-state index contributed by atoms with van der Waals surface area (Å²) >= 11 is 1.08. The standard InChI is InChI=1S/C22H24N4O7S2/c1-5-33-20(27)13-25-18-12-16(26(29)30)8-11-19(18)34-22(25)23-21(28)15-6-9-17(10-7-15)35(31,32)24(4)14(2)3/h6-12,14H,5,13H2,1-4H3. The summed E-state index contributed by atoms with van der Waals surface area (Å²) in [6, 6.07) is 9.30. The zero-order chi connectivity index (χ0) is 25.9. The third kappa shape index (κ3) is 5.63. The molecule has 0 spiro atoms. The molecule has 3 rings (SSSR count). The van der Waals surface area contributed by atoms with E-state index in [1.807, 2.05) is 0 Å². The van der Waals surface area contributed by atoms with Crippen LogP contribution >= 0.6 is 11.3 Å². The molecule has 1 aromatic heterocycles. The normalized spacial score (nSPS) is 12.5. The zero-order valence-electron chi connectivity index (χ0n) is 19.5. The lowest BCUT2D eigenvalue weighted by Crippen LogP contribution is -2.33. The molecule has 1 heterocycles. The van der Waals surface area contributed by atoms with Gasteiger partial charge in [0.25, 0.3) is 11.6 Å². The molecular formula is C22H24N4O7S2. The van der Waals surface area contributed by atoms with Crippen LogP contribution in [-0.2, 0) is 26.1 Å². The highest BCUT2D eigenvalue weighted by atomic mass is 32.2. The van der Waals surface area contributed by atoms with Crippen LogP contribution in [0.25, 0.3) is 10.2 Å². The minimum atomic E-state index is -3.71. The van der Waals surface area contributed by atoms with Crippen molar-refractivity contribution >= 4 is 49.1 Å². The molecule has 0 saturated carbocycles. The van der Waals surface area contributed by atoms with Crippen LogP contribution in [0, 0.1) is 10.1 Å². The highest BCUT2D eigenvalue weighted by Crippen LogP contribution is 2.23. The molecule has 0 N–H and O–H groups in total. The van der Waals surface area contributed by atoms with Crippen molar-refractivity contribution in [1.29, 1.82) is 0 Å². The SMILES string of the molecule is CCOC(=O)Cn1c(=NC(=O)c2ccc(S(=O)(=O)N(C)C(C)C)cc2)sc2ccc([N+](=O)[O-])cc21. The summed E-state index contributed by atoms with van der Waals surface area (Å²) in [5.74, 6) is -1.25. The summed E-state index contributed by atoms with van der Waals surface area (Å²) < 4.78 is 33.5. The number of esters is 1. The lowest BCUT2D eigenvalue weighted by Gasteiger charge is -2.20. The predicted octanol–water partition coefficient (Wildman–Crippen LogP) is 2.94. The Balaban J connectivity index is 2.04. The first kappa shape index (κ1) is 26.2. The van der Waals surface area contributed by atoms with Gasteiger partial charge < -0.3 is 9.30 Å². The number of carbonyl (C=O) groups excluding carboxylic acids is 2. The molecule has 0 bridgehead atoms. The number of carbonyl (C=O) groups is 2. The molecule has 3 aromatic rings. The Morgan fingerprint density at radius 2 is 1.86 bits per heavy atom. The highest BCUT2D eigenvalue weighted by Gasteiger charge is 2.23. The van der Waals surface area contributed by atoms with Gasteiger partial charge in [-0.1, -0.05) is 11.3 Å². The number of fused-ring (bicyclic) bond motifs is 1. The molecule has 0 atom stereocenters. The number of thiazole rings is 1. The molecule has 0 aliphatic heterocycles. The Labute approximate surface area is 205 Å². The van der Waals surface area contributed by atoms with E-state index in [2.05, 4.69) is 4.99 Å². The summed E-state index contributed by atoms with van der Waals surface area (Å²) in [7, 11) is -2.24. The Kier molecular flexibility index (Phi) is 7.83. The van der Waals surface area contributed by atoms with E-state index in [0.717, 1.165) is 11.3 Å². The van der Waals surface area contributed by atoms with Crippen LogP contribution in [0.4, 0.5) is 5.69 Å². The molecule has 0 radical (unpaired) electrons. The first-order chi connectivity index (χ1) is 16.4. The number of hydrogen-bond donors (Lipinski definition) is 0. The van der Waals surface area contributed by atoms with Gasteiger partial charge in [0, 0.05) is 30.8 Å². The molecule has 35 heavy (non-hydrogen) atoms. The van der Waals surface area contributed by atoms with Crippen molar-refractivity contribution in [1.82, 2.24) is 8.87 Å². The fraction of sp³-hybridized carbons (Fsp3) is 0.318. The maximum absolute atomic E-state index is 12.9. The molecule has 0 aliphatic rings. The van der Waals surface area contributed by atoms with Crippen LogP contribution in [0.1, 0.15) is 31.1 Å². The molecule has 2 aromatic carbocycles. The van der Waals surface area contributed by atoms with E-state index in [9.17, 15) is 28.1 Å². The average molecular weight is 521 g/mol. The number of benzene rings is 2. The molecule has 0 aliphatic carbocycles. The summed E-state index contributed by atoms with van der Waals surface area (Å²) in [5.41, 5.74) is 0.332. The number of non-ortho nitro benzene ring substituents is 1. The number of nitro benzene ring substituents is 1. The van der Waals surface area contributed by atoms with Gasteiger partial charge in [-0.25, -0.2) is 8.42 Å². The van der Waals surface area contributed by atoms with Gasteiger partial charge in [0.2, 0.25) is 10.0 Å². The third-order valence-electron chi connectivity index (χ3n) is 5.17. The molecule has 0 saturated heterocycles. The zero-order valence-corrected chi connectivity index (χ0v) is 21.1. The maximum Gasteiger partial charge on any atom is 0.326 e. The lowest BCUT2D eigenvalue weighted by molar-refractivity contribution is -0.384. The first-order valence-corrected chi connectivity index (χ1v) is 12.8. The van der Waals surface area contributed by atoms with Crippen LogP contribution in [0.5, 0.6) is 0 Å². The van der Waals surface area contributed by atoms with E-state index in [4.69, 9.17) is 4.74 Å². The number of nitro groups is 1. The molecule has 1 amide bonds. The predicted molar refractivity (Wildman–Crippen MR) is 130 cm³/mol. The fourth-order valence-corrected chi connectivity index (χ4v) is 5.49. The second-order valence-corrected chi connectivity index (χ2v) is 10.7. The lowest BCUT2D eigenvalue weighted by atomic mass is 10.2. The smallest absolute Gasteiger partial charge is 0.326 e. The maximum atomic E-state index is 12.9. The number of ether oxygens (including phenoxy) is 1. The Bertz CT molecular complexity index is 1460. The van der Waals surface area contributed by atoms with Gasteiger partial charge in [-0.05, 0) is 51.1 Å². The topological polar surface area (TPSA) is 141 Å². The van der Waals surface area contributed by atoms with E-state index in [-0.39, 0.29) is 40.1 Å². The molecule has 186 valence electrons. The van der Waals surface area contributed by atoms with Gasteiger partial charge in [-0.2, -0.15) is 9.30 Å². The van der Waals surface area contributed by atoms with Crippen molar-refractivity contribution < 1.29 is 27.7 Å². The highest BCUT2D eigenvalue weighted by molar-refractivity contribution is 7.89. The van der Waals surface area contributed by atoms with Gasteiger partial charge >= 0.3 is 5.97 Å². The van der Waals surface area contributed by atoms with Crippen LogP contribution in [0.3, 0.4) is 0 Å². The third-order valence-corrected chi connectivity index (χ3v) is 8.28. The first-order valence-electron chi connectivity index (χ1n) is 10.6. The van der Waals surface area contributed by atoms with Crippen LogP contribution < -0.4 is 4.80 Å². The van der Waals surface area contributed by atoms with Gasteiger partial charge in [-0.15, -0.1) is 0 Å². The Morgan fingerprint density at radius 1 is 1.20 bits per heavy atom. The second-order valence-electron chi connectivity index (χ2n) is 7.74. The molecule has 0 fully saturated rings. The van der Waals surface area contributed by atoms with Crippen LogP contribution in [0.2, 0.25) is 0 Å². The van der Waals surface area contributed by atoms with Crippen molar-refractivity contribution in [2.75, 3.05) is 13.7 Å². The quantitative estimate of drug-likeness (QED) is 0.252. The van der Waals surface area contributed by atoms with Crippen molar-refractivity contribution in [2.24, 2.45) is 4.99 Å². The van der Waals surface area contributed by atoms with Crippen molar-refractivity contribution in [3.05, 3.63) is 62.9 Å². The number of hydrogen-bond acceptors (Lipinski definition) is 8. The van der Waals surface area contributed by atoms with Gasteiger partial charge in [0.15, 0.2) is 4.80 Å². The Hall–Kier alpha value is -3.42. The largest absolute Gasteiger partial charge is 0.465 e. The van der Waals surface area contributed by atoms with Crippen LogP contribution in [-0.4, -0.2) is 53.8 Å². The number of sulfonamides is 1. The minimum Gasteiger partial charge on any atom is -0.465 e. The molecule has 0 unspecified atom stereocenters. The van der Waals surface area contributed by atoms with E-state index in [1.165, 1.54) is 58.4 Å². The number of nitrogens with zero attached hydrogens (tertiary/aromatic N) is 4. The van der Waals surface area contributed by atoms with Crippen molar-refractivity contribution in [2.45, 2.75) is 38.3 Å². The average Bonchev–Trinajstić information content (AvgIpc) is 3.14. The van der Waals surface area contributed by atoms with Gasteiger partial charge in [0.05, 0.1) is 26.6 Å². The fourth-order valence-electron chi connectivity index (χ4n) is 3.11. The van der Waals surface area contributed by atoms with Crippen LogP contribution in [0.15, 0.2) is 52.4 Å². The summed E-state index contributed by atoms with van der Waals surface area (Å²) in [5, 5.41) is 11.2. The monoisotopic (exact) mass is 520 g/mol. The summed E-state index contributed by atoms with van der Waals surface area (Å²) in [6.07, 6.45) is 0. The Morgan fingerprint density at radius 3 is 2.43 bits per heavy atom. The van der Waals surface area contributed by atoms with E-state index in [0.29, 0.717) is 10.2 Å². The van der Waals surface area contributed by atoms with Crippen molar-refractivity contribution in [3.8, 4) is 0 Å². The van der Waals surface area contributed by atoms with E-state index in [1.54, 1.807) is 20.8 Å². The second kappa shape index (κ2) is 10.5. The molecular weight excluding hydrogens is 496 g/mol. The van der Waals surface area contributed by atoms with Crippen molar-refractivity contribution in [3.63, 3.8) is 0 Å². The number of aromatic nitrogens is 1. The molecule has 11 nitrogen and oxygen atoms in total. The summed E-state index contributed by atoms with van der Waals surface area (Å²) in [4.78, 5) is 40.0. The van der Waals surface area contributed by atoms with Gasteiger partial charge in [-0.3, -0.25) is 19.7 Å². The summed E-state index contributed by atoms with van der Waals surface area (Å²) in [6.45, 7) is 5.00. The van der Waals surface area contributed by atoms with E-state index < -0.39 is 26.8 Å². The minimum absolute atomic E-state index is 0.0387.